The summed E-state index contributed by atoms with van der Waals surface area (Å²) in [5.74, 6) is -1.49. The van der Waals surface area contributed by atoms with E-state index < -0.39 is 17.9 Å². The molecule has 0 aliphatic rings. The molecule has 1 atom stereocenters. The molecule has 1 unspecified atom stereocenters. The number of aliphatic carboxylic acids is 1. The van der Waals surface area contributed by atoms with Crippen LogP contribution in [0.2, 0.25) is 0 Å². The lowest BCUT2D eigenvalue weighted by molar-refractivity contribution is -0.141. The highest BCUT2D eigenvalue weighted by Gasteiger charge is 2.18. The average Bonchev–Trinajstić information content (AvgIpc) is 2.77. The van der Waals surface area contributed by atoms with E-state index in [9.17, 15) is 9.59 Å². The predicted octanol–water partition coefficient (Wildman–Crippen LogP) is 1.68. The fourth-order valence-electron chi connectivity index (χ4n) is 1.41. The van der Waals surface area contributed by atoms with Crippen molar-refractivity contribution >= 4 is 29.3 Å². The summed E-state index contributed by atoms with van der Waals surface area (Å²) in [5, 5.41) is 11.4. The number of amides is 1. The number of aryl methyl sites for hydroxylation is 1. The van der Waals surface area contributed by atoms with Gasteiger partial charge in [0.2, 0.25) is 5.91 Å². The number of carbonyl (C=O) groups is 2. The number of thiophene rings is 1. The van der Waals surface area contributed by atoms with Crippen LogP contribution < -0.4 is 5.32 Å². The van der Waals surface area contributed by atoms with Gasteiger partial charge < -0.3 is 15.2 Å². The summed E-state index contributed by atoms with van der Waals surface area (Å²) in [7, 11) is 1.49. The zero-order valence-electron chi connectivity index (χ0n) is 10.9. The van der Waals surface area contributed by atoms with Crippen LogP contribution in [0.3, 0.4) is 0 Å². The molecule has 0 aromatic carbocycles. The van der Waals surface area contributed by atoms with Gasteiger partial charge in [0.25, 0.3) is 0 Å². The minimum atomic E-state index is -1.06. The monoisotopic (exact) mass is 283 g/mol. The smallest absolute Gasteiger partial charge is 0.326 e. The molecule has 1 aromatic heterocycles. The normalized spacial score (nSPS) is 12.5. The van der Waals surface area contributed by atoms with Gasteiger partial charge in [-0.1, -0.05) is 0 Å². The SMILES string of the molecule is COCCC(NC(=O)C=Cc1ccc(C)s1)C(=O)O. The Bertz CT molecular complexity index is 467. The van der Waals surface area contributed by atoms with Crippen LogP contribution in [0.15, 0.2) is 18.2 Å². The number of hydrogen-bond donors (Lipinski definition) is 2. The molecule has 0 saturated carbocycles. The topological polar surface area (TPSA) is 75.6 Å². The van der Waals surface area contributed by atoms with Gasteiger partial charge in [-0.25, -0.2) is 4.79 Å². The third-order valence-corrected chi connectivity index (χ3v) is 3.35. The molecule has 19 heavy (non-hydrogen) atoms. The fraction of sp³-hybridized carbons (Fsp3) is 0.385. The second-order valence-corrected chi connectivity index (χ2v) is 5.28. The third kappa shape index (κ3) is 5.67. The quantitative estimate of drug-likeness (QED) is 0.746. The van der Waals surface area contributed by atoms with E-state index in [2.05, 4.69) is 5.32 Å². The summed E-state index contributed by atoms with van der Waals surface area (Å²) in [6, 6.07) is 2.94. The van der Waals surface area contributed by atoms with E-state index in [4.69, 9.17) is 9.84 Å². The van der Waals surface area contributed by atoms with Crippen LogP contribution in [-0.4, -0.2) is 36.7 Å². The van der Waals surface area contributed by atoms with Gasteiger partial charge in [0.05, 0.1) is 0 Å². The standard InChI is InChI=1S/C13H17NO4S/c1-9-3-4-10(19-9)5-6-12(15)14-11(13(16)17)7-8-18-2/h3-6,11H,7-8H2,1-2H3,(H,14,15)(H,16,17). The lowest BCUT2D eigenvalue weighted by atomic mass is 10.2. The van der Waals surface area contributed by atoms with E-state index in [0.29, 0.717) is 0 Å². The number of methoxy groups -OCH3 is 1. The van der Waals surface area contributed by atoms with Gasteiger partial charge in [-0.05, 0) is 25.1 Å². The minimum Gasteiger partial charge on any atom is -0.480 e. The second kappa shape index (κ2) is 7.70. The van der Waals surface area contributed by atoms with Crippen molar-refractivity contribution in [3.05, 3.63) is 28.0 Å². The first-order valence-corrected chi connectivity index (χ1v) is 6.61. The van der Waals surface area contributed by atoms with Crippen LogP contribution in [-0.2, 0) is 14.3 Å². The van der Waals surface area contributed by atoms with Crippen molar-refractivity contribution in [1.82, 2.24) is 5.32 Å². The van der Waals surface area contributed by atoms with Crippen molar-refractivity contribution in [3.8, 4) is 0 Å². The molecule has 0 saturated heterocycles. The van der Waals surface area contributed by atoms with E-state index >= 15 is 0 Å². The Hall–Kier alpha value is -1.66. The van der Waals surface area contributed by atoms with Gasteiger partial charge in [0.15, 0.2) is 0 Å². The van der Waals surface area contributed by atoms with E-state index in [1.54, 1.807) is 17.4 Å². The van der Waals surface area contributed by atoms with Crippen molar-refractivity contribution in [2.75, 3.05) is 13.7 Å². The Labute approximate surface area is 115 Å². The van der Waals surface area contributed by atoms with Crippen molar-refractivity contribution < 1.29 is 19.4 Å². The molecule has 1 rings (SSSR count). The summed E-state index contributed by atoms with van der Waals surface area (Å²) in [6.45, 7) is 2.26. The molecule has 0 fully saturated rings. The van der Waals surface area contributed by atoms with Crippen molar-refractivity contribution in [2.24, 2.45) is 0 Å². The highest BCUT2D eigenvalue weighted by molar-refractivity contribution is 7.12. The summed E-state index contributed by atoms with van der Waals surface area (Å²) < 4.78 is 4.81. The van der Waals surface area contributed by atoms with Crippen LogP contribution in [0.5, 0.6) is 0 Å². The van der Waals surface area contributed by atoms with Crippen LogP contribution >= 0.6 is 11.3 Å². The first-order chi connectivity index (χ1) is 9.02. The molecular formula is C13H17NO4S. The molecule has 1 amide bonds. The van der Waals surface area contributed by atoms with Crippen LogP contribution in [0.4, 0.5) is 0 Å². The molecule has 0 radical (unpaired) electrons. The van der Waals surface area contributed by atoms with Gasteiger partial charge >= 0.3 is 5.97 Å². The molecule has 1 heterocycles. The molecule has 5 nitrogen and oxygen atoms in total. The zero-order chi connectivity index (χ0) is 14.3. The number of rotatable bonds is 7. The number of hydrogen-bond acceptors (Lipinski definition) is 4. The Morgan fingerprint density at radius 2 is 2.26 bits per heavy atom. The van der Waals surface area contributed by atoms with Gasteiger partial charge in [0, 0.05) is 36.0 Å². The maximum atomic E-state index is 11.6. The number of nitrogens with one attached hydrogen (secondary N) is 1. The Morgan fingerprint density at radius 3 is 2.79 bits per heavy atom. The Balaban J connectivity index is 2.52. The molecule has 0 aliphatic heterocycles. The summed E-state index contributed by atoms with van der Waals surface area (Å²) >= 11 is 1.57. The molecule has 6 heteroatoms. The number of carbonyl (C=O) groups excluding carboxylic acids is 1. The van der Waals surface area contributed by atoms with Gasteiger partial charge in [-0.15, -0.1) is 11.3 Å². The molecule has 0 bridgehead atoms. The molecule has 1 aromatic rings. The maximum absolute atomic E-state index is 11.6. The minimum absolute atomic E-state index is 0.240. The largest absolute Gasteiger partial charge is 0.480 e. The second-order valence-electron chi connectivity index (χ2n) is 3.96. The third-order valence-electron chi connectivity index (χ3n) is 2.39. The first-order valence-electron chi connectivity index (χ1n) is 5.79. The maximum Gasteiger partial charge on any atom is 0.326 e. The fourth-order valence-corrected chi connectivity index (χ4v) is 2.19. The summed E-state index contributed by atoms with van der Waals surface area (Å²) in [5.41, 5.74) is 0. The molecule has 104 valence electrons. The van der Waals surface area contributed by atoms with Crippen molar-refractivity contribution in [1.29, 1.82) is 0 Å². The highest BCUT2D eigenvalue weighted by atomic mass is 32.1. The summed E-state index contributed by atoms with van der Waals surface area (Å²) in [6.07, 6.45) is 3.25. The lowest BCUT2D eigenvalue weighted by Gasteiger charge is -2.12. The molecule has 2 N–H and O–H groups in total. The van der Waals surface area contributed by atoms with Crippen LogP contribution in [0.25, 0.3) is 6.08 Å². The van der Waals surface area contributed by atoms with E-state index in [1.165, 1.54) is 13.2 Å². The lowest BCUT2D eigenvalue weighted by Crippen LogP contribution is -2.40. The molecule has 0 aliphatic carbocycles. The van der Waals surface area contributed by atoms with E-state index in [0.717, 1.165) is 9.75 Å². The number of ether oxygens (including phenoxy) is 1. The van der Waals surface area contributed by atoms with Crippen molar-refractivity contribution in [3.63, 3.8) is 0 Å². The Morgan fingerprint density at radius 1 is 1.53 bits per heavy atom. The molecular weight excluding hydrogens is 266 g/mol. The zero-order valence-corrected chi connectivity index (χ0v) is 11.7. The summed E-state index contributed by atoms with van der Waals surface area (Å²) in [4.78, 5) is 24.6. The van der Waals surface area contributed by atoms with Gasteiger partial charge in [0.1, 0.15) is 6.04 Å². The van der Waals surface area contributed by atoms with E-state index in [1.807, 2.05) is 19.1 Å². The van der Waals surface area contributed by atoms with E-state index in [-0.39, 0.29) is 13.0 Å². The van der Waals surface area contributed by atoms with Gasteiger partial charge in [-0.2, -0.15) is 0 Å². The van der Waals surface area contributed by atoms with Gasteiger partial charge in [-0.3, -0.25) is 4.79 Å². The number of carboxylic acid groups (broad SMARTS) is 1. The van der Waals surface area contributed by atoms with Crippen LogP contribution in [0, 0.1) is 6.92 Å². The molecule has 0 spiro atoms. The Kier molecular flexibility index (Phi) is 6.24. The predicted molar refractivity (Wildman–Crippen MR) is 74.1 cm³/mol. The van der Waals surface area contributed by atoms with Crippen LogP contribution in [0.1, 0.15) is 16.2 Å². The highest BCUT2D eigenvalue weighted by Crippen LogP contribution is 2.16. The van der Waals surface area contributed by atoms with Crippen molar-refractivity contribution in [2.45, 2.75) is 19.4 Å². The first kappa shape index (κ1) is 15.4. The average molecular weight is 283 g/mol. The number of carboxylic acids is 1.